The van der Waals surface area contributed by atoms with Gasteiger partial charge in [-0.15, -0.1) is 0 Å². The summed E-state index contributed by atoms with van der Waals surface area (Å²) in [6.45, 7) is 4.19. The van der Waals surface area contributed by atoms with Crippen LogP contribution >= 0.6 is 11.6 Å². The van der Waals surface area contributed by atoms with Gasteiger partial charge >= 0.3 is 0 Å². The molecule has 1 amide bonds. The van der Waals surface area contributed by atoms with Crippen LogP contribution in [-0.4, -0.2) is 23.5 Å². The molecule has 0 aliphatic carbocycles. The number of anilines is 2. The lowest BCUT2D eigenvalue weighted by molar-refractivity contribution is -0.121. The number of carbonyl (C=O) groups excluding carboxylic acids is 1. The number of nitrogens with two attached hydrogens (primary N) is 1. The first-order valence-corrected chi connectivity index (χ1v) is 5.37. The van der Waals surface area contributed by atoms with Gasteiger partial charge in [0.05, 0.1) is 10.7 Å². The maximum Gasteiger partial charge on any atom is 0.242 e. The summed E-state index contributed by atoms with van der Waals surface area (Å²) in [6, 6.07) is 1.19. The molecule has 16 heavy (non-hydrogen) atoms. The van der Waals surface area contributed by atoms with Gasteiger partial charge in [-0.3, -0.25) is 4.79 Å². The van der Waals surface area contributed by atoms with Gasteiger partial charge in [-0.25, -0.2) is 4.98 Å². The van der Waals surface area contributed by atoms with Crippen LogP contribution in [-0.2, 0) is 4.79 Å². The minimum atomic E-state index is -0.393. The van der Waals surface area contributed by atoms with Gasteiger partial charge in [0.2, 0.25) is 5.91 Å². The molecular weight excluding hydrogens is 228 g/mol. The number of nitrogens with one attached hydrogen (secondary N) is 2. The molecule has 5 nitrogen and oxygen atoms in total. The van der Waals surface area contributed by atoms with Crippen molar-refractivity contribution in [3.63, 3.8) is 0 Å². The average molecular weight is 243 g/mol. The van der Waals surface area contributed by atoms with E-state index in [2.05, 4.69) is 15.6 Å². The number of pyridine rings is 1. The Morgan fingerprint density at radius 1 is 1.69 bits per heavy atom. The second kappa shape index (κ2) is 5.55. The highest BCUT2D eigenvalue weighted by Crippen LogP contribution is 2.19. The average Bonchev–Trinajstić information content (AvgIpc) is 2.22. The Hall–Kier alpha value is -1.49. The van der Waals surface area contributed by atoms with Crippen molar-refractivity contribution < 1.29 is 4.79 Å². The molecule has 0 spiro atoms. The molecule has 0 aliphatic rings. The molecule has 1 aromatic heterocycles. The van der Waals surface area contributed by atoms with E-state index >= 15 is 0 Å². The molecular formula is C10H15ClN4O. The van der Waals surface area contributed by atoms with E-state index in [1.807, 2.05) is 6.92 Å². The molecule has 6 heteroatoms. The summed E-state index contributed by atoms with van der Waals surface area (Å²) in [5.41, 5.74) is 6.12. The van der Waals surface area contributed by atoms with Crippen LogP contribution in [0.25, 0.3) is 0 Å². The molecule has 1 atom stereocenters. The normalized spacial score (nSPS) is 11.9. The van der Waals surface area contributed by atoms with Gasteiger partial charge in [0.25, 0.3) is 0 Å². The summed E-state index contributed by atoms with van der Waals surface area (Å²) >= 11 is 5.72. The topological polar surface area (TPSA) is 80.0 Å². The molecule has 0 fully saturated rings. The molecule has 1 unspecified atom stereocenters. The lowest BCUT2D eigenvalue weighted by Gasteiger charge is -2.15. The van der Waals surface area contributed by atoms with Crippen LogP contribution in [0.1, 0.15) is 13.8 Å². The molecule has 1 heterocycles. The van der Waals surface area contributed by atoms with Crippen molar-refractivity contribution in [2.75, 3.05) is 17.6 Å². The lowest BCUT2D eigenvalue weighted by atomic mass is 10.3. The zero-order chi connectivity index (χ0) is 12.1. The van der Waals surface area contributed by atoms with Gasteiger partial charge in [-0.1, -0.05) is 11.6 Å². The highest BCUT2D eigenvalue weighted by molar-refractivity contribution is 6.30. The predicted molar refractivity (Wildman–Crippen MR) is 65.4 cm³/mol. The first-order chi connectivity index (χ1) is 7.54. The standard InChI is InChI=1S/C10H15ClN4O/c1-3-13-10(16)6(2)15-9-8(12)4-7(11)5-14-9/h4-6H,3,12H2,1-2H3,(H,13,16)(H,14,15). The molecule has 0 bridgehead atoms. The third-order valence-corrected chi connectivity index (χ3v) is 2.19. The molecule has 1 rings (SSSR count). The Morgan fingerprint density at radius 3 is 2.94 bits per heavy atom. The smallest absolute Gasteiger partial charge is 0.242 e. The number of aromatic nitrogens is 1. The molecule has 0 saturated heterocycles. The second-order valence-corrected chi connectivity index (χ2v) is 3.79. The number of halogens is 1. The van der Waals surface area contributed by atoms with Gasteiger partial charge in [-0.05, 0) is 19.9 Å². The lowest BCUT2D eigenvalue weighted by Crippen LogP contribution is -2.37. The van der Waals surface area contributed by atoms with Crippen LogP contribution in [0.2, 0.25) is 5.02 Å². The van der Waals surface area contributed by atoms with Crippen LogP contribution in [0.5, 0.6) is 0 Å². The van der Waals surface area contributed by atoms with Crippen LogP contribution < -0.4 is 16.4 Å². The van der Waals surface area contributed by atoms with Gasteiger partial charge < -0.3 is 16.4 Å². The number of amides is 1. The molecule has 0 aromatic carbocycles. The van der Waals surface area contributed by atoms with Gasteiger partial charge in [0, 0.05) is 12.7 Å². The number of carbonyl (C=O) groups is 1. The fraction of sp³-hybridized carbons (Fsp3) is 0.400. The van der Waals surface area contributed by atoms with Crippen LogP contribution in [0.3, 0.4) is 0 Å². The van der Waals surface area contributed by atoms with E-state index in [0.29, 0.717) is 23.1 Å². The van der Waals surface area contributed by atoms with Crippen LogP contribution in [0.15, 0.2) is 12.3 Å². The Morgan fingerprint density at radius 2 is 2.38 bits per heavy atom. The van der Waals surface area contributed by atoms with Crippen molar-refractivity contribution in [2.24, 2.45) is 0 Å². The zero-order valence-electron chi connectivity index (χ0n) is 9.25. The summed E-state index contributed by atoms with van der Waals surface area (Å²) in [7, 11) is 0. The van der Waals surface area contributed by atoms with E-state index in [1.54, 1.807) is 13.0 Å². The van der Waals surface area contributed by atoms with E-state index in [4.69, 9.17) is 17.3 Å². The molecule has 0 aliphatic heterocycles. The summed E-state index contributed by atoms with van der Waals surface area (Å²) in [4.78, 5) is 15.5. The van der Waals surface area contributed by atoms with E-state index in [9.17, 15) is 4.79 Å². The number of nitrogens with zero attached hydrogens (tertiary/aromatic N) is 1. The molecule has 4 N–H and O–H groups in total. The highest BCUT2D eigenvalue weighted by Gasteiger charge is 2.13. The third-order valence-electron chi connectivity index (χ3n) is 1.98. The van der Waals surface area contributed by atoms with Crippen LogP contribution in [0.4, 0.5) is 11.5 Å². The Balaban J connectivity index is 2.69. The Labute approximate surface area is 99.4 Å². The van der Waals surface area contributed by atoms with Crippen molar-refractivity contribution in [3.8, 4) is 0 Å². The minimum absolute atomic E-state index is 0.0985. The van der Waals surface area contributed by atoms with Crippen LogP contribution in [0, 0.1) is 0 Å². The molecule has 1 aromatic rings. The van der Waals surface area contributed by atoms with Crippen molar-refractivity contribution in [1.29, 1.82) is 0 Å². The van der Waals surface area contributed by atoms with Crippen molar-refractivity contribution in [3.05, 3.63) is 17.3 Å². The zero-order valence-corrected chi connectivity index (χ0v) is 10.0. The van der Waals surface area contributed by atoms with Gasteiger partial charge in [0.15, 0.2) is 0 Å². The maximum atomic E-state index is 11.5. The molecule has 0 radical (unpaired) electrons. The fourth-order valence-corrected chi connectivity index (χ4v) is 1.34. The summed E-state index contributed by atoms with van der Waals surface area (Å²) in [5.74, 6) is 0.363. The molecule has 0 saturated carbocycles. The van der Waals surface area contributed by atoms with Gasteiger partial charge in [0.1, 0.15) is 11.9 Å². The van der Waals surface area contributed by atoms with E-state index in [0.717, 1.165) is 0 Å². The fourth-order valence-electron chi connectivity index (χ4n) is 1.17. The maximum absolute atomic E-state index is 11.5. The van der Waals surface area contributed by atoms with E-state index in [-0.39, 0.29) is 5.91 Å². The number of rotatable bonds is 4. The Bertz CT molecular complexity index is 383. The summed E-state index contributed by atoms with van der Waals surface area (Å²) in [6.07, 6.45) is 1.48. The number of hydrogen-bond donors (Lipinski definition) is 3. The molecule has 88 valence electrons. The number of hydrogen-bond acceptors (Lipinski definition) is 4. The summed E-state index contributed by atoms with van der Waals surface area (Å²) in [5, 5.41) is 6.08. The summed E-state index contributed by atoms with van der Waals surface area (Å²) < 4.78 is 0. The number of nitrogen functional groups attached to an aromatic ring is 1. The quantitative estimate of drug-likeness (QED) is 0.743. The first kappa shape index (κ1) is 12.6. The van der Waals surface area contributed by atoms with Crippen molar-refractivity contribution in [2.45, 2.75) is 19.9 Å². The first-order valence-electron chi connectivity index (χ1n) is 4.99. The monoisotopic (exact) mass is 242 g/mol. The van der Waals surface area contributed by atoms with E-state index < -0.39 is 6.04 Å². The minimum Gasteiger partial charge on any atom is -0.396 e. The second-order valence-electron chi connectivity index (χ2n) is 3.35. The van der Waals surface area contributed by atoms with E-state index in [1.165, 1.54) is 6.20 Å². The predicted octanol–water partition coefficient (Wildman–Crippen LogP) is 1.25. The largest absolute Gasteiger partial charge is 0.396 e. The highest BCUT2D eigenvalue weighted by atomic mass is 35.5. The SMILES string of the molecule is CCNC(=O)C(C)Nc1ncc(Cl)cc1N. The van der Waals surface area contributed by atoms with Gasteiger partial charge in [-0.2, -0.15) is 0 Å². The van der Waals surface area contributed by atoms with Crippen molar-refractivity contribution >= 4 is 29.0 Å². The number of likely N-dealkylation sites (N-methyl/N-ethyl adjacent to an activating group) is 1. The Kier molecular flexibility index (Phi) is 4.37. The third kappa shape index (κ3) is 3.27. The van der Waals surface area contributed by atoms with Crippen molar-refractivity contribution in [1.82, 2.24) is 10.3 Å².